The van der Waals surface area contributed by atoms with Crippen LogP contribution in [0.3, 0.4) is 0 Å². The fourth-order valence-corrected chi connectivity index (χ4v) is 3.75. The van der Waals surface area contributed by atoms with Crippen LogP contribution in [-0.4, -0.2) is 57.7 Å². The van der Waals surface area contributed by atoms with Crippen molar-refractivity contribution in [3.63, 3.8) is 0 Å². The zero-order valence-corrected chi connectivity index (χ0v) is 13.1. The van der Waals surface area contributed by atoms with E-state index < -0.39 is 11.9 Å². The molecule has 3 rings (SSSR count). The number of hydrogen-bond donors (Lipinski definition) is 0. The third kappa shape index (κ3) is 3.36. The predicted octanol–water partition coefficient (Wildman–Crippen LogP) is 1.99. The first-order valence-corrected chi connectivity index (χ1v) is 7.96. The third-order valence-corrected chi connectivity index (χ3v) is 4.87. The monoisotopic (exact) mass is 330 g/mol. The summed E-state index contributed by atoms with van der Waals surface area (Å²) in [4.78, 5) is 16.6. The molecule has 3 heterocycles. The molecule has 2 fully saturated rings. The highest BCUT2D eigenvalue weighted by Crippen LogP contribution is 2.30. The lowest BCUT2D eigenvalue weighted by Crippen LogP contribution is -2.48. The van der Waals surface area contributed by atoms with Gasteiger partial charge < -0.3 is 9.80 Å². The van der Waals surface area contributed by atoms with Crippen LogP contribution < -0.4 is 0 Å². The highest BCUT2D eigenvalue weighted by molar-refractivity contribution is 5.76. The molecule has 1 aromatic rings. The maximum absolute atomic E-state index is 12.6. The first-order chi connectivity index (χ1) is 10.9. The number of carbonyl (C=O) groups excluding carboxylic acids is 1. The maximum Gasteiger partial charge on any atom is 0.435 e. The molecule has 1 aromatic heterocycles. The van der Waals surface area contributed by atoms with E-state index in [1.807, 2.05) is 4.90 Å². The molecule has 2 atom stereocenters. The number of aromatic nitrogens is 2. The Labute approximate surface area is 133 Å². The Bertz CT molecular complexity index is 571. The van der Waals surface area contributed by atoms with E-state index in [9.17, 15) is 18.0 Å². The molecule has 0 spiro atoms. The lowest BCUT2D eigenvalue weighted by atomic mass is 10.0. The summed E-state index contributed by atoms with van der Waals surface area (Å²) < 4.78 is 38.8. The molecular formula is C15H21F3N4O. The Morgan fingerprint density at radius 1 is 1.26 bits per heavy atom. The first kappa shape index (κ1) is 16.3. The molecule has 2 aliphatic rings. The van der Waals surface area contributed by atoms with Crippen LogP contribution in [0.2, 0.25) is 0 Å². The normalized spacial score (nSPS) is 26.2. The summed E-state index contributed by atoms with van der Waals surface area (Å²) >= 11 is 0. The van der Waals surface area contributed by atoms with Crippen molar-refractivity contribution in [2.45, 2.75) is 50.5 Å². The average Bonchev–Trinajstić information content (AvgIpc) is 3.16. The van der Waals surface area contributed by atoms with E-state index in [4.69, 9.17) is 0 Å². The van der Waals surface area contributed by atoms with Gasteiger partial charge in [0.15, 0.2) is 5.69 Å². The second-order valence-electron chi connectivity index (χ2n) is 6.38. The summed E-state index contributed by atoms with van der Waals surface area (Å²) in [6.07, 6.45) is 0.866. The van der Waals surface area contributed by atoms with Crippen molar-refractivity contribution in [3.05, 3.63) is 18.0 Å². The van der Waals surface area contributed by atoms with Crippen LogP contribution in [-0.2, 0) is 17.5 Å². The van der Waals surface area contributed by atoms with Crippen molar-refractivity contribution >= 4 is 5.91 Å². The highest BCUT2D eigenvalue weighted by atomic mass is 19.4. The lowest BCUT2D eigenvalue weighted by Gasteiger charge is -2.33. The molecule has 1 amide bonds. The number of hydrogen-bond acceptors (Lipinski definition) is 3. The fourth-order valence-electron chi connectivity index (χ4n) is 3.75. The van der Waals surface area contributed by atoms with Gasteiger partial charge in [-0.1, -0.05) is 0 Å². The van der Waals surface area contributed by atoms with Crippen molar-refractivity contribution in [2.24, 2.45) is 0 Å². The smallest absolute Gasteiger partial charge is 0.337 e. The SMILES string of the molecule is CN1CCC[C@H]1[C@@H]1CCCN1C(=O)Cn1ccc(C(F)(F)F)n1. The van der Waals surface area contributed by atoms with Crippen LogP contribution in [0.25, 0.3) is 0 Å². The van der Waals surface area contributed by atoms with E-state index in [0.717, 1.165) is 43.0 Å². The van der Waals surface area contributed by atoms with E-state index >= 15 is 0 Å². The molecule has 0 bridgehead atoms. The molecule has 5 nitrogen and oxygen atoms in total. The number of likely N-dealkylation sites (N-methyl/N-ethyl adjacent to an activating group) is 1. The summed E-state index contributed by atoms with van der Waals surface area (Å²) in [7, 11) is 2.07. The second kappa shape index (κ2) is 6.14. The van der Waals surface area contributed by atoms with Crippen LogP contribution >= 0.6 is 0 Å². The number of halogens is 3. The summed E-state index contributed by atoms with van der Waals surface area (Å²) in [6, 6.07) is 1.44. The highest BCUT2D eigenvalue weighted by Gasteiger charge is 2.38. The molecule has 128 valence electrons. The number of rotatable bonds is 3. The summed E-state index contributed by atoms with van der Waals surface area (Å²) in [5.74, 6) is -0.148. The standard InChI is InChI=1S/C15H21F3N4O/c1-20-7-2-4-11(20)12-5-3-8-22(12)14(23)10-21-9-6-13(19-21)15(16,17)18/h6,9,11-12H,2-5,7-8,10H2,1H3/t11-,12-/m0/s1. The second-order valence-corrected chi connectivity index (χ2v) is 6.38. The van der Waals surface area contributed by atoms with Crippen molar-refractivity contribution < 1.29 is 18.0 Å². The van der Waals surface area contributed by atoms with E-state index in [1.54, 1.807) is 0 Å². The van der Waals surface area contributed by atoms with Gasteiger partial charge in [0.05, 0.1) is 0 Å². The van der Waals surface area contributed by atoms with Crippen molar-refractivity contribution in [1.29, 1.82) is 0 Å². The molecule has 0 N–H and O–H groups in total. The lowest BCUT2D eigenvalue weighted by molar-refractivity contribution is -0.142. The van der Waals surface area contributed by atoms with Crippen molar-refractivity contribution in [3.8, 4) is 0 Å². The fraction of sp³-hybridized carbons (Fsp3) is 0.733. The van der Waals surface area contributed by atoms with E-state index in [-0.39, 0.29) is 18.5 Å². The van der Waals surface area contributed by atoms with Crippen molar-refractivity contribution in [2.75, 3.05) is 20.1 Å². The number of alkyl halides is 3. The molecule has 0 saturated carbocycles. The van der Waals surface area contributed by atoms with E-state index in [0.29, 0.717) is 12.6 Å². The van der Waals surface area contributed by atoms with Crippen molar-refractivity contribution in [1.82, 2.24) is 19.6 Å². The summed E-state index contributed by atoms with van der Waals surface area (Å²) in [5, 5.41) is 3.46. The van der Waals surface area contributed by atoms with Gasteiger partial charge in [-0.15, -0.1) is 0 Å². The van der Waals surface area contributed by atoms with Gasteiger partial charge >= 0.3 is 6.18 Å². The molecular weight excluding hydrogens is 309 g/mol. The number of nitrogens with zero attached hydrogens (tertiary/aromatic N) is 4. The van der Waals surface area contributed by atoms with Crippen LogP contribution in [0.4, 0.5) is 13.2 Å². The molecule has 0 aromatic carbocycles. The third-order valence-electron chi connectivity index (χ3n) is 4.87. The average molecular weight is 330 g/mol. The topological polar surface area (TPSA) is 41.4 Å². The summed E-state index contributed by atoms with van der Waals surface area (Å²) in [5.41, 5.74) is -0.959. The largest absolute Gasteiger partial charge is 0.435 e. The molecule has 2 aliphatic heterocycles. The summed E-state index contributed by atoms with van der Waals surface area (Å²) in [6.45, 7) is 1.58. The minimum atomic E-state index is -4.48. The minimum absolute atomic E-state index is 0.136. The minimum Gasteiger partial charge on any atom is -0.337 e. The van der Waals surface area contributed by atoms with Gasteiger partial charge in [0.1, 0.15) is 6.54 Å². The van der Waals surface area contributed by atoms with Gasteiger partial charge in [-0.2, -0.15) is 18.3 Å². The zero-order chi connectivity index (χ0) is 16.6. The van der Waals surface area contributed by atoms with Gasteiger partial charge in [0, 0.05) is 24.8 Å². The number of amides is 1. The van der Waals surface area contributed by atoms with E-state index in [1.165, 1.54) is 6.20 Å². The molecule has 23 heavy (non-hydrogen) atoms. The Kier molecular flexibility index (Phi) is 4.35. The number of carbonyl (C=O) groups is 1. The number of likely N-dealkylation sites (tertiary alicyclic amines) is 2. The molecule has 0 unspecified atom stereocenters. The maximum atomic E-state index is 12.6. The van der Waals surface area contributed by atoms with Crippen LogP contribution in [0.5, 0.6) is 0 Å². The Balaban J connectivity index is 1.66. The molecule has 0 radical (unpaired) electrons. The van der Waals surface area contributed by atoms with Gasteiger partial charge in [-0.3, -0.25) is 9.48 Å². The van der Waals surface area contributed by atoms with Gasteiger partial charge in [0.25, 0.3) is 0 Å². The molecule has 8 heteroatoms. The Morgan fingerprint density at radius 3 is 2.57 bits per heavy atom. The zero-order valence-electron chi connectivity index (χ0n) is 13.1. The van der Waals surface area contributed by atoms with Gasteiger partial charge in [-0.25, -0.2) is 0 Å². The van der Waals surface area contributed by atoms with Gasteiger partial charge in [0.2, 0.25) is 5.91 Å². The predicted molar refractivity (Wildman–Crippen MR) is 77.6 cm³/mol. The molecule has 2 saturated heterocycles. The Morgan fingerprint density at radius 2 is 1.96 bits per heavy atom. The quantitative estimate of drug-likeness (QED) is 0.851. The van der Waals surface area contributed by atoms with Crippen LogP contribution in [0.15, 0.2) is 12.3 Å². The first-order valence-electron chi connectivity index (χ1n) is 7.96. The van der Waals surface area contributed by atoms with Gasteiger partial charge in [-0.05, 0) is 45.3 Å². The van der Waals surface area contributed by atoms with Crippen LogP contribution in [0.1, 0.15) is 31.4 Å². The van der Waals surface area contributed by atoms with E-state index in [2.05, 4.69) is 17.0 Å². The Hall–Kier alpha value is -1.57. The molecule has 0 aliphatic carbocycles. The van der Waals surface area contributed by atoms with Crippen LogP contribution in [0, 0.1) is 0 Å².